The number of aliphatic imine (C=N–C) groups is 2. The second kappa shape index (κ2) is 12.6. The Morgan fingerprint density at radius 1 is 1.14 bits per heavy atom. The van der Waals surface area contributed by atoms with Gasteiger partial charge in [0.1, 0.15) is 18.1 Å². The Morgan fingerprint density at radius 2 is 1.68 bits per heavy atom. The van der Waals surface area contributed by atoms with Crippen LogP contribution in [0.2, 0.25) is 0 Å². The number of piperidine rings is 1. The number of rotatable bonds is 10. The summed E-state index contributed by atoms with van der Waals surface area (Å²) in [4.78, 5) is 24.3. The van der Waals surface area contributed by atoms with Crippen molar-refractivity contribution in [1.29, 1.82) is 0 Å². The Labute approximate surface area is 217 Å². The summed E-state index contributed by atoms with van der Waals surface area (Å²) in [5.41, 5.74) is 0.182. The summed E-state index contributed by atoms with van der Waals surface area (Å²) < 4.78 is 44.4. The van der Waals surface area contributed by atoms with Gasteiger partial charge in [-0.3, -0.25) is 19.4 Å². The molecule has 0 unspecified atom stereocenters. The number of para-hydroxylation sites is 2. The van der Waals surface area contributed by atoms with Crippen LogP contribution in [-0.4, -0.2) is 70.0 Å². The fourth-order valence-corrected chi connectivity index (χ4v) is 4.43. The molecule has 3 rings (SSSR count). The van der Waals surface area contributed by atoms with Crippen LogP contribution < -0.4 is 9.62 Å². The van der Waals surface area contributed by atoms with Crippen LogP contribution in [0.25, 0.3) is 0 Å². The van der Waals surface area contributed by atoms with E-state index in [1.807, 2.05) is 77.4 Å². The van der Waals surface area contributed by atoms with Crippen molar-refractivity contribution in [3.05, 3.63) is 72.7 Å². The summed E-state index contributed by atoms with van der Waals surface area (Å²) in [5.74, 6) is 0.424. The number of halogens is 1. The number of benzene rings is 2. The highest BCUT2D eigenvalue weighted by molar-refractivity contribution is 7.89. The molecular weight excluding hydrogens is 497 g/mol. The highest BCUT2D eigenvalue weighted by Crippen LogP contribution is 2.31. The number of carbonyl (C=O) groups excluding carboxylic acids is 1. The molecule has 1 aliphatic heterocycles. The van der Waals surface area contributed by atoms with E-state index >= 15 is 4.39 Å². The van der Waals surface area contributed by atoms with Crippen molar-refractivity contribution in [3.8, 4) is 0 Å². The first-order valence-electron chi connectivity index (χ1n) is 11.7. The number of carbonyl (C=O) groups is 1. The van der Waals surface area contributed by atoms with Crippen molar-refractivity contribution >= 4 is 39.9 Å². The van der Waals surface area contributed by atoms with Crippen molar-refractivity contribution in [3.63, 3.8) is 0 Å². The number of amides is 1. The number of nitrogens with one attached hydrogen (secondary N) is 1. The fraction of sp³-hybridized carbons (Fsp3) is 0.346. The number of nitrogens with zero attached hydrogens (tertiary/aromatic N) is 4. The first-order chi connectivity index (χ1) is 17.6. The Kier molecular flexibility index (Phi) is 9.54. The Hall–Kier alpha value is -3.57. The number of ether oxygens (including phenoxy) is 1. The van der Waals surface area contributed by atoms with Crippen LogP contribution in [0.5, 0.6) is 0 Å². The molecule has 0 bridgehead atoms. The minimum atomic E-state index is -3.68. The summed E-state index contributed by atoms with van der Waals surface area (Å²) in [7, 11) is -3.68. The number of sulfonamides is 1. The van der Waals surface area contributed by atoms with Crippen molar-refractivity contribution in [2.45, 2.75) is 25.4 Å². The average Bonchev–Trinajstić information content (AvgIpc) is 2.85. The number of likely N-dealkylation sites (tertiary alicyclic amines) is 1. The maximum atomic E-state index is 15.3. The molecule has 9 nitrogen and oxygen atoms in total. The fourth-order valence-electron chi connectivity index (χ4n) is 3.96. The molecule has 1 aliphatic rings. The van der Waals surface area contributed by atoms with E-state index in [4.69, 9.17) is 9.73 Å². The molecule has 2 aromatic rings. The van der Waals surface area contributed by atoms with Gasteiger partial charge in [-0.15, -0.1) is 0 Å². The van der Waals surface area contributed by atoms with Gasteiger partial charge in [0.05, 0.1) is 19.1 Å². The van der Waals surface area contributed by atoms with Gasteiger partial charge in [-0.1, -0.05) is 36.4 Å². The third-order valence-corrected chi connectivity index (χ3v) is 6.35. The van der Waals surface area contributed by atoms with E-state index in [1.54, 1.807) is 10.9 Å². The minimum Gasteiger partial charge on any atom is -0.368 e. The predicted molar refractivity (Wildman–Crippen MR) is 144 cm³/mol. The molecule has 198 valence electrons. The van der Waals surface area contributed by atoms with Crippen LogP contribution in [0.1, 0.15) is 19.8 Å². The van der Waals surface area contributed by atoms with Crippen LogP contribution >= 0.6 is 0 Å². The first kappa shape index (κ1) is 28.0. The Bertz CT molecular complexity index is 1190. The standard InChI is InChI=1S/C26H32FN5O4S/c1-21(31-16-14-26(27,15-17-31)20-36-19-25(33)30-37(3,34)35)29-24(18-28-2)32(22-10-6-4-7-11-22)23-12-8-5-9-13-23/h4-13,18H,2,14-17,19-20H2,1,3H3,(H,30,33)/b24-18+,29-21+. The maximum absolute atomic E-state index is 15.3. The molecule has 1 saturated heterocycles. The van der Waals surface area contributed by atoms with E-state index in [1.165, 1.54) is 0 Å². The molecular formula is C26H32FN5O4S. The maximum Gasteiger partial charge on any atom is 0.259 e. The van der Waals surface area contributed by atoms with Crippen molar-refractivity contribution < 1.29 is 22.3 Å². The van der Waals surface area contributed by atoms with Crippen LogP contribution in [0.3, 0.4) is 0 Å². The van der Waals surface area contributed by atoms with E-state index in [-0.39, 0.29) is 19.4 Å². The normalized spacial score (nSPS) is 16.2. The van der Waals surface area contributed by atoms with Crippen LogP contribution in [0, 0.1) is 0 Å². The van der Waals surface area contributed by atoms with Gasteiger partial charge in [-0.2, -0.15) is 0 Å². The van der Waals surface area contributed by atoms with Crippen molar-refractivity contribution in [2.24, 2.45) is 9.98 Å². The molecule has 1 fully saturated rings. The van der Waals surface area contributed by atoms with E-state index in [9.17, 15) is 13.2 Å². The molecule has 37 heavy (non-hydrogen) atoms. The van der Waals surface area contributed by atoms with Crippen molar-refractivity contribution in [2.75, 3.05) is 37.5 Å². The zero-order chi connectivity index (χ0) is 26.9. The van der Waals surface area contributed by atoms with Gasteiger partial charge >= 0.3 is 0 Å². The molecule has 0 atom stereocenters. The van der Waals surface area contributed by atoms with Gasteiger partial charge in [0, 0.05) is 37.3 Å². The topological polar surface area (TPSA) is 104 Å². The van der Waals surface area contributed by atoms with Gasteiger partial charge < -0.3 is 9.64 Å². The number of anilines is 2. The van der Waals surface area contributed by atoms with Crippen LogP contribution in [-0.2, 0) is 19.6 Å². The molecule has 0 radical (unpaired) electrons. The molecule has 1 amide bonds. The summed E-state index contributed by atoms with van der Waals surface area (Å²) in [5, 5.41) is 0. The smallest absolute Gasteiger partial charge is 0.259 e. The minimum absolute atomic E-state index is 0.174. The lowest BCUT2D eigenvalue weighted by atomic mass is 9.94. The van der Waals surface area contributed by atoms with E-state index < -0.39 is 28.2 Å². The average molecular weight is 530 g/mol. The molecule has 0 spiro atoms. The number of alkyl halides is 1. The van der Waals surface area contributed by atoms with Gasteiger partial charge in [-0.25, -0.2) is 17.8 Å². The van der Waals surface area contributed by atoms with Crippen molar-refractivity contribution in [1.82, 2.24) is 9.62 Å². The second-order valence-electron chi connectivity index (χ2n) is 8.76. The highest BCUT2D eigenvalue weighted by Gasteiger charge is 2.35. The Balaban J connectivity index is 1.69. The van der Waals surface area contributed by atoms with E-state index in [0.717, 1.165) is 17.6 Å². The van der Waals surface area contributed by atoms with Gasteiger partial charge in [0.2, 0.25) is 10.0 Å². The van der Waals surface area contributed by atoms with Gasteiger partial charge in [0.15, 0.2) is 5.82 Å². The third kappa shape index (κ3) is 8.50. The second-order valence-corrected chi connectivity index (χ2v) is 10.5. The molecule has 1 heterocycles. The Morgan fingerprint density at radius 3 is 2.16 bits per heavy atom. The first-order valence-corrected chi connectivity index (χ1v) is 13.6. The molecule has 0 saturated carbocycles. The lowest BCUT2D eigenvalue weighted by molar-refractivity contribution is -0.126. The molecule has 2 aromatic carbocycles. The monoisotopic (exact) mass is 529 g/mol. The summed E-state index contributed by atoms with van der Waals surface area (Å²) in [6.07, 6.45) is 2.80. The zero-order valence-electron chi connectivity index (χ0n) is 21.0. The highest BCUT2D eigenvalue weighted by atomic mass is 32.2. The number of hydrogen-bond donors (Lipinski definition) is 1. The van der Waals surface area contributed by atoms with E-state index in [2.05, 4.69) is 11.7 Å². The van der Waals surface area contributed by atoms with Gasteiger partial charge in [0.25, 0.3) is 5.91 Å². The molecule has 0 aromatic heterocycles. The SMILES string of the molecule is C=N/C=C(\N=C(/C)N1CCC(F)(COCC(=O)NS(C)(=O)=O)CC1)N(c1ccccc1)c1ccccc1. The summed E-state index contributed by atoms with van der Waals surface area (Å²) in [6.45, 7) is 5.45. The molecule has 11 heteroatoms. The number of amidine groups is 1. The summed E-state index contributed by atoms with van der Waals surface area (Å²) in [6, 6.07) is 19.6. The van der Waals surface area contributed by atoms with Crippen LogP contribution in [0.4, 0.5) is 15.8 Å². The largest absolute Gasteiger partial charge is 0.368 e. The predicted octanol–water partition coefficient (Wildman–Crippen LogP) is 3.64. The lowest BCUT2D eigenvalue weighted by Gasteiger charge is -2.37. The lowest BCUT2D eigenvalue weighted by Crippen LogP contribution is -2.46. The number of hydrogen-bond acceptors (Lipinski definition) is 7. The zero-order valence-corrected chi connectivity index (χ0v) is 21.8. The van der Waals surface area contributed by atoms with Crippen LogP contribution in [0.15, 0.2) is 82.7 Å². The summed E-state index contributed by atoms with van der Waals surface area (Å²) >= 11 is 0. The van der Waals surface area contributed by atoms with Gasteiger partial charge in [-0.05, 0) is 37.9 Å². The third-order valence-electron chi connectivity index (χ3n) is 5.75. The quantitative estimate of drug-likeness (QED) is 0.372. The molecule has 0 aliphatic carbocycles. The van der Waals surface area contributed by atoms with E-state index in [0.29, 0.717) is 24.7 Å². The molecule has 1 N–H and O–H groups in total.